The zero-order valence-corrected chi connectivity index (χ0v) is 12.1. The van der Waals surface area contributed by atoms with Crippen LogP contribution in [0.5, 0.6) is 0 Å². The number of imidazole rings is 1. The molecule has 0 aliphatic carbocycles. The maximum atomic E-state index is 12.3. The number of nitrogens with zero attached hydrogens (tertiary/aromatic N) is 2. The Kier molecular flexibility index (Phi) is 3.72. The van der Waals surface area contributed by atoms with Gasteiger partial charge in [-0.15, -0.1) is 11.8 Å². The van der Waals surface area contributed by atoms with Gasteiger partial charge in [-0.25, -0.2) is 4.98 Å². The first kappa shape index (κ1) is 13.8. The van der Waals surface area contributed by atoms with Crippen LogP contribution in [-0.4, -0.2) is 24.2 Å². The van der Waals surface area contributed by atoms with Gasteiger partial charge in [0.25, 0.3) is 10.0 Å². The minimum absolute atomic E-state index is 0.0170. The zero-order chi connectivity index (χ0) is 14.0. The number of aromatic nitrogens is 2. The maximum Gasteiger partial charge on any atom is 0.281 e. The number of rotatable bonds is 4. The fourth-order valence-corrected chi connectivity index (χ4v) is 3.62. The standard InChI is InChI=1S/C11H14N4O2S2/c1-15-7-13-10(12)11(15)19(16,17)14-8-5-3-4-6-9(8)18-2/h3-7,14H,12H2,1-2H3. The van der Waals surface area contributed by atoms with Crippen molar-refractivity contribution in [3.8, 4) is 0 Å². The molecule has 2 aromatic rings. The second-order valence-corrected chi connectivity index (χ2v) is 6.30. The van der Waals surface area contributed by atoms with Crippen LogP contribution in [0.2, 0.25) is 0 Å². The minimum Gasteiger partial charge on any atom is -0.381 e. The molecule has 1 heterocycles. The highest BCUT2D eigenvalue weighted by Gasteiger charge is 2.23. The van der Waals surface area contributed by atoms with E-state index in [1.807, 2.05) is 18.4 Å². The van der Waals surface area contributed by atoms with Crippen molar-refractivity contribution < 1.29 is 8.42 Å². The highest BCUT2D eigenvalue weighted by Crippen LogP contribution is 2.27. The lowest BCUT2D eigenvalue weighted by Gasteiger charge is -2.11. The van der Waals surface area contributed by atoms with E-state index < -0.39 is 10.0 Å². The van der Waals surface area contributed by atoms with E-state index in [9.17, 15) is 8.42 Å². The predicted octanol–water partition coefficient (Wildman–Crippen LogP) is 1.52. The van der Waals surface area contributed by atoms with Gasteiger partial charge in [-0.2, -0.15) is 8.42 Å². The average molecular weight is 298 g/mol. The van der Waals surface area contributed by atoms with Crippen molar-refractivity contribution >= 4 is 33.3 Å². The molecule has 1 aromatic carbocycles. The Morgan fingerprint density at radius 2 is 2.05 bits per heavy atom. The van der Waals surface area contributed by atoms with Gasteiger partial charge in [-0.1, -0.05) is 12.1 Å². The molecule has 0 fully saturated rings. The lowest BCUT2D eigenvalue weighted by molar-refractivity contribution is 0.592. The summed E-state index contributed by atoms with van der Waals surface area (Å²) in [6.45, 7) is 0. The van der Waals surface area contributed by atoms with Gasteiger partial charge in [0.05, 0.1) is 12.0 Å². The molecule has 3 N–H and O–H groups in total. The largest absolute Gasteiger partial charge is 0.381 e. The topological polar surface area (TPSA) is 90.0 Å². The number of hydrogen-bond acceptors (Lipinski definition) is 5. The number of anilines is 2. The Hall–Kier alpha value is -1.67. The first-order chi connectivity index (χ1) is 8.95. The van der Waals surface area contributed by atoms with Crippen LogP contribution in [0.15, 0.2) is 40.5 Å². The molecular weight excluding hydrogens is 284 g/mol. The molecule has 0 spiro atoms. The second kappa shape index (κ2) is 5.14. The third-order valence-electron chi connectivity index (χ3n) is 2.52. The number of sulfonamides is 1. The quantitative estimate of drug-likeness (QED) is 0.835. The van der Waals surface area contributed by atoms with Crippen LogP contribution in [0.3, 0.4) is 0 Å². The number of hydrogen-bond donors (Lipinski definition) is 2. The van der Waals surface area contributed by atoms with E-state index in [1.54, 1.807) is 19.2 Å². The van der Waals surface area contributed by atoms with Crippen LogP contribution in [-0.2, 0) is 17.1 Å². The molecule has 19 heavy (non-hydrogen) atoms. The molecule has 0 bridgehead atoms. The first-order valence-electron chi connectivity index (χ1n) is 5.38. The van der Waals surface area contributed by atoms with E-state index in [-0.39, 0.29) is 10.8 Å². The third kappa shape index (κ3) is 2.69. The Morgan fingerprint density at radius 3 is 2.63 bits per heavy atom. The predicted molar refractivity (Wildman–Crippen MR) is 76.7 cm³/mol. The number of benzene rings is 1. The molecule has 0 unspecified atom stereocenters. The number of nitrogen functional groups attached to an aromatic ring is 1. The number of aryl methyl sites for hydroxylation is 1. The SMILES string of the molecule is CSc1ccccc1NS(=O)(=O)c1c(N)ncn1C. The highest BCUT2D eigenvalue weighted by molar-refractivity contribution is 7.99. The van der Waals surface area contributed by atoms with Gasteiger partial charge in [0.2, 0.25) is 0 Å². The summed E-state index contributed by atoms with van der Waals surface area (Å²) in [6, 6.07) is 7.16. The second-order valence-electron chi connectivity index (χ2n) is 3.85. The van der Waals surface area contributed by atoms with E-state index in [2.05, 4.69) is 9.71 Å². The molecule has 102 valence electrons. The lowest BCUT2D eigenvalue weighted by Crippen LogP contribution is -2.18. The number of thioether (sulfide) groups is 1. The maximum absolute atomic E-state index is 12.3. The summed E-state index contributed by atoms with van der Waals surface area (Å²) in [4.78, 5) is 4.62. The van der Waals surface area contributed by atoms with Crippen LogP contribution in [0.1, 0.15) is 0 Å². The molecule has 0 saturated carbocycles. The van der Waals surface area contributed by atoms with Gasteiger partial charge in [-0.3, -0.25) is 4.72 Å². The molecule has 8 heteroatoms. The number of nitrogens with two attached hydrogens (primary N) is 1. The molecule has 1 aromatic heterocycles. The van der Waals surface area contributed by atoms with Crippen LogP contribution in [0.25, 0.3) is 0 Å². The van der Waals surface area contributed by atoms with E-state index in [1.165, 1.54) is 22.7 Å². The highest BCUT2D eigenvalue weighted by atomic mass is 32.2. The van der Waals surface area contributed by atoms with Gasteiger partial charge in [-0.05, 0) is 18.4 Å². The summed E-state index contributed by atoms with van der Waals surface area (Å²) in [5.74, 6) is -0.0170. The molecule has 0 aliphatic heterocycles. The van der Waals surface area contributed by atoms with Crippen molar-refractivity contribution in [2.75, 3.05) is 16.7 Å². The van der Waals surface area contributed by atoms with Crippen LogP contribution < -0.4 is 10.5 Å². The molecule has 6 nitrogen and oxygen atoms in total. The average Bonchev–Trinajstić information content (AvgIpc) is 2.70. The number of nitrogens with one attached hydrogen (secondary N) is 1. The van der Waals surface area contributed by atoms with Crippen molar-refractivity contribution in [2.45, 2.75) is 9.92 Å². The Bertz CT molecular complexity index is 675. The summed E-state index contributed by atoms with van der Waals surface area (Å²) in [5, 5.41) is -0.0385. The minimum atomic E-state index is -3.75. The smallest absolute Gasteiger partial charge is 0.281 e. The van der Waals surface area contributed by atoms with Gasteiger partial charge in [0, 0.05) is 11.9 Å². The van der Waals surface area contributed by atoms with Crippen LogP contribution in [0, 0.1) is 0 Å². The Labute approximate surface area is 116 Å². The molecule has 2 rings (SSSR count). The van der Waals surface area contributed by atoms with Crippen molar-refractivity contribution in [3.63, 3.8) is 0 Å². The molecule has 0 aliphatic rings. The molecule has 0 saturated heterocycles. The van der Waals surface area contributed by atoms with Crippen molar-refractivity contribution in [3.05, 3.63) is 30.6 Å². The van der Waals surface area contributed by atoms with Gasteiger partial charge < -0.3 is 10.3 Å². The van der Waals surface area contributed by atoms with E-state index in [0.717, 1.165) is 4.90 Å². The molecule has 0 radical (unpaired) electrons. The van der Waals surface area contributed by atoms with Crippen LogP contribution in [0.4, 0.5) is 11.5 Å². The fraction of sp³-hybridized carbons (Fsp3) is 0.182. The van der Waals surface area contributed by atoms with E-state index >= 15 is 0 Å². The van der Waals surface area contributed by atoms with Gasteiger partial charge in [0.1, 0.15) is 0 Å². The summed E-state index contributed by atoms with van der Waals surface area (Å²) in [6.07, 6.45) is 3.25. The normalized spacial score (nSPS) is 11.5. The summed E-state index contributed by atoms with van der Waals surface area (Å²) in [7, 11) is -2.17. The molecule has 0 atom stereocenters. The monoisotopic (exact) mass is 298 g/mol. The van der Waals surface area contributed by atoms with Crippen molar-refractivity contribution in [1.82, 2.24) is 9.55 Å². The molecule has 0 amide bonds. The van der Waals surface area contributed by atoms with E-state index in [0.29, 0.717) is 5.69 Å². The third-order valence-corrected chi connectivity index (χ3v) is 4.81. The molecular formula is C11H14N4O2S2. The van der Waals surface area contributed by atoms with E-state index in [4.69, 9.17) is 5.73 Å². The van der Waals surface area contributed by atoms with Gasteiger partial charge in [0.15, 0.2) is 10.8 Å². The number of para-hydroxylation sites is 1. The van der Waals surface area contributed by atoms with Crippen molar-refractivity contribution in [2.24, 2.45) is 7.05 Å². The summed E-state index contributed by atoms with van der Waals surface area (Å²) < 4.78 is 28.5. The van der Waals surface area contributed by atoms with Crippen molar-refractivity contribution in [1.29, 1.82) is 0 Å². The lowest BCUT2D eigenvalue weighted by atomic mass is 10.3. The van der Waals surface area contributed by atoms with Crippen LogP contribution >= 0.6 is 11.8 Å². The Morgan fingerprint density at radius 1 is 1.37 bits per heavy atom. The van der Waals surface area contributed by atoms with Gasteiger partial charge >= 0.3 is 0 Å². The fourth-order valence-electron chi connectivity index (χ4n) is 1.69. The summed E-state index contributed by atoms with van der Waals surface area (Å²) >= 11 is 1.46. The zero-order valence-electron chi connectivity index (χ0n) is 10.5. The summed E-state index contributed by atoms with van der Waals surface area (Å²) in [5.41, 5.74) is 6.12. The Balaban J connectivity index is 2.43. The first-order valence-corrected chi connectivity index (χ1v) is 8.09.